The number of aliphatic carboxylic acids is 1. The molecule has 6 nitrogen and oxygen atoms in total. The molecule has 0 aliphatic rings. The molecule has 0 aliphatic heterocycles. The van der Waals surface area contributed by atoms with E-state index >= 15 is 0 Å². The van der Waals surface area contributed by atoms with E-state index in [4.69, 9.17) is 5.11 Å². The number of para-hydroxylation sites is 2. The monoisotopic (exact) mass is 238 g/mol. The second-order valence-electron chi connectivity index (χ2n) is 3.55. The Morgan fingerprint density at radius 3 is 2.71 bits per heavy atom. The van der Waals surface area contributed by atoms with E-state index in [2.05, 4.69) is 5.32 Å². The molecule has 0 fully saturated rings. The van der Waals surface area contributed by atoms with Crippen LogP contribution in [0.25, 0.3) is 0 Å². The first-order valence-corrected chi connectivity index (χ1v) is 5.30. The summed E-state index contributed by atoms with van der Waals surface area (Å²) in [6, 6.07) is 6.38. The SMILES string of the molecule is O=C(O)CCCCNc1ccccc1[N+](=O)[O-]. The van der Waals surface area contributed by atoms with Gasteiger partial charge in [0.2, 0.25) is 0 Å². The molecule has 0 unspecified atom stereocenters. The summed E-state index contributed by atoms with van der Waals surface area (Å²) >= 11 is 0. The second kappa shape index (κ2) is 6.47. The van der Waals surface area contributed by atoms with Crippen molar-refractivity contribution in [2.45, 2.75) is 19.3 Å². The summed E-state index contributed by atoms with van der Waals surface area (Å²) in [6.45, 7) is 0.526. The van der Waals surface area contributed by atoms with Crippen LogP contribution in [-0.4, -0.2) is 22.5 Å². The van der Waals surface area contributed by atoms with Gasteiger partial charge in [-0.15, -0.1) is 0 Å². The van der Waals surface area contributed by atoms with Crippen molar-refractivity contribution < 1.29 is 14.8 Å². The average molecular weight is 238 g/mol. The third kappa shape index (κ3) is 4.50. The van der Waals surface area contributed by atoms with Gasteiger partial charge in [0.25, 0.3) is 5.69 Å². The lowest BCUT2D eigenvalue weighted by atomic mass is 10.2. The molecule has 0 radical (unpaired) electrons. The summed E-state index contributed by atoms with van der Waals surface area (Å²) in [5.41, 5.74) is 0.499. The topological polar surface area (TPSA) is 92.5 Å². The van der Waals surface area contributed by atoms with Gasteiger partial charge < -0.3 is 10.4 Å². The summed E-state index contributed by atoms with van der Waals surface area (Å²) in [6.07, 6.45) is 1.35. The molecule has 6 heteroatoms. The van der Waals surface area contributed by atoms with Crippen LogP contribution in [0.4, 0.5) is 11.4 Å². The van der Waals surface area contributed by atoms with E-state index in [9.17, 15) is 14.9 Å². The largest absolute Gasteiger partial charge is 0.481 e. The first-order chi connectivity index (χ1) is 8.11. The van der Waals surface area contributed by atoms with E-state index < -0.39 is 10.9 Å². The zero-order valence-electron chi connectivity index (χ0n) is 9.26. The molecule has 17 heavy (non-hydrogen) atoms. The van der Waals surface area contributed by atoms with E-state index in [-0.39, 0.29) is 12.1 Å². The molecule has 0 spiro atoms. The molecule has 0 amide bonds. The molecule has 92 valence electrons. The fourth-order valence-corrected chi connectivity index (χ4v) is 1.41. The molecular formula is C11H14N2O4. The first kappa shape index (κ1) is 13.0. The Labute approximate surface area is 98.4 Å². The summed E-state index contributed by atoms with van der Waals surface area (Å²) < 4.78 is 0. The highest BCUT2D eigenvalue weighted by molar-refractivity contribution is 5.66. The fourth-order valence-electron chi connectivity index (χ4n) is 1.41. The van der Waals surface area contributed by atoms with Crippen molar-refractivity contribution in [1.82, 2.24) is 0 Å². The number of rotatable bonds is 7. The number of nitro benzene ring substituents is 1. The maximum atomic E-state index is 10.7. The summed E-state index contributed by atoms with van der Waals surface area (Å²) in [4.78, 5) is 20.5. The summed E-state index contributed by atoms with van der Waals surface area (Å²) in [7, 11) is 0. The predicted molar refractivity (Wildman–Crippen MR) is 63.1 cm³/mol. The number of anilines is 1. The lowest BCUT2D eigenvalue weighted by Crippen LogP contribution is -2.05. The summed E-state index contributed by atoms with van der Waals surface area (Å²) in [5.74, 6) is -0.823. The molecule has 0 bridgehead atoms. The van der Waals surface area contributed by atoms with Crippen LogP contribution in [0, 0.1) is 10.1 Å². The van der Waals surface area contributed by atoms with Gasteiger partial charge in [0.1, 0.15) is 5.69 Å². The van der Waals surface area contributed by atoms with E-state index in [0.29, 0.717) is 25.1 Å². The number of hydrogen-bond acceptors (Lipinski definition) is 4. The molecule has 1 aromatic rings. The number of nitrogens with zero attached hydrogens (tertiary/aromatic N) is 1. The number of carboxylic acid groups (broad SMARTS) is 1. The van der Waals surface area contributed by atoms with Crippen molar-refractivity contribution in [2.75, 3.05) is 11.9 Å². The van der Waals surface area contributed by atoms with Crippen molar-refractivity contribution in [3.8, 4) is 0 Å². The van der Waals surface area contributed by atoms with Crippen LogP contribution in [0.2, 0.25) is 0 Å². The van der Waals surface area contributed by atoms with Gasteiger partial charge >= 0.3 is 5.97 Å². The Bertz CT molecular complexity index is 406. The quantitative estimate of drug-likeness (QED) is 0.432. The van der Waals surface area contributed by atoms with Crippen LogP contribution in [0.3, 0.4) is 0 Å². The minimum absolute atomic E-state index is 0.0331. The highest BCUT2D eigenvalue weighted by Crippen LogP contribution is 2.22. The molecule has 0 atom stereocenters. The molecule has 1 rings (SSSR count). The van der Waals surface area contributed by atoms with E-state index in [0.717, 1.165) is 0 Å². The predicted octanol–water partition coefficient (Wildman–Crippen LogP) is 2.26. The van der Waals surface area contributed by atoms with Crippen LogP contribution < -0.4 is 5.32 Å². The number of nitrogens with one attached hydrogen (secondary N) is 1. The number of carbonyl (C=O) groups is 1. The van der Waals surface area contributed by atoms with Crippen molar-refractivity contribution in [3.05, 3.63) is 34.4 Å². The van der Waals surface area contributed by atoms with Crippen molar-refractivity contribution >= 4 is 17.3 Å². The Kier molecular flexibility index (Phi) is 4.93. The molecule has 0 saturated carbocycles. The maximum absolute atomic E-state index is 10.7. The summed E-state index contributed by atoms with van der Waals surface area (Å²) in [5, 5.41) is 22.1. The Morgan fingerprint density at radius 1 is 1.35 bits per heavy atom. The molecule has 0 heterocycles. The maximum Gasteiger partial charge on any atom is 0.303 e. The van der Waals surface area contributed by atoms with Crippen LogP contribution in [0.15, 0.2) is 24.3 Å². The van der Waals surface area contributed by atoms with Gasteiger partial charge in [0.15, 0.2) is 0 Å². The van der Waals surface area contributed by atoms with E-state index in [1.165, 1.54) is 6.07 Å². The molecule has 0 aromatic heterocycles. The van der Waals surface area contributed by atoms with Gasteiger partial charge in [-0.25, -0.2) is 0 Å². The number of unbranched alkanes of at least 4 members (excludes halogenated alkanes) is 1. The van der Waals surface area contributed by atoms with Gasteiger partial charge in [-0.05, 0) is 18.9 Å². The van der Waals surface area contributed by atoms with Gasteiger partial charge in [-0.2, -0.15) is 0 Å². The Morgan fingerprint density at radius 2 is 2.06 bits per heavy atom. The van der Waals surface area contributed by atoms with Crippen LogP contribution in [0.1, 0.15) is 19.3 Å². The van der Waals surface area contributed by atoms with Crippen molar-refractivity contribution in [1.29, 1.82) is 0 Å². The number of carboxylic acids is 1. The zero-order chi connectivity index (χ0) is 12.7. The number of hydrogen-bond donors (Lipinski definition) is 2. The molecule has 0 aliphatic carbocycles. The highest BCUT2D eigenvalue weighted by atomic mass is 16.6. The lowest BCUT2D eigenvalue weighted by Gasteiger charge is -2.05. The van der Waals surface area contributed by atoms with Gasteiger partial charge in [0, 0.05) is 19.0 Å². The molecule has 0 saturated heterocycles. The fraction of sp³-hybridized carbons (Fsp3) is 0.364. The lowest BCUT2D eigenvalue weighted by molar-refractivity contribution is -0.384. The Hall–Kier alpha value is -2.11. The normalized spacial score (nSPS) is 9.88. The van der Waals surface area contributed by atoms with Crippen LogP contribution in [0.5, 0.6) is 0 Å². The third-order valence-electron chi connectivity index (χ3n) is 2.23. The van der Waals surface area contributed by atoms with Crippen LogP contribution >= 0.6 is 0 Å². The van der Waals surface area contributed by atoms with Gasteiger partial charge in [0.05, 0.1) is 4.92 Å². The van der Waals surface area contributed by atoms with E-state index in [1.807, 2.05) is 0 Å². The van der Waals surface area contributed by atoms with Gasteiger partial charge in [-0.1, -0.05) is 12.1 Å². The third-order valence-corrected chi connectivity index (χ3v) is 2.23. The second-order valence-corrected chi connectivity index (χ2v) is 3.55. The van der Waals surface area contributed by atoms with Crippen molar-refractivity contribution in [3.63, 3.8) is 0 Å². The average Bonchev–Trinajstić information content (AvgIpc) is 2.28. The Balaban J connectivity index is 2.41. The molecule has 2 N–H and O–H groups in total. The minimum Gasteiger partial charge on any atom is -0.481 e. The molecular weight excluding hydrogens is 224 g/mol. The zero-order valence-corrected chi connectivity index (χ0v) is 9.26. The standard InChI is InChI=1S/C11H14N2O4/c14-11(15)7-3-4-8-12-9-5-1-2-6-10(9)13(16)17/h1-2,5-6,12H,3-4,7-8H2,(H,14,15). The minimum atomic E-state index is -0.823. The molecule has 1 aromatic carbocycles. The van der Waals surface area contributed by atoms with Crippen LogP contribution in [-0.2, 0) is 4.79 Å². The van der Waals surface area contributed by atoms with E-state index in [1.54, 1.807) is 18.2 Å². The van der Waals surface area contributed by atoms with Gasteiger partial charge in [-0.3, -0.25) is 14.9 Å². The highest BCUT2D eigenvalue weighted by Gasteiger charge is 2.10. The van der Waals surface area contributed by atoms with Crippen molar-refractivity contribution in [2.24, 2.45) is 0 Å². The smallest absolute Gasteiger partial charge is 0.303 e. The number of benzene rings is 1. The number of nitro groups is 1. The first-order valence-electron chi connectivity index (χ1n) is 5.30.